The first-order chi connectivity index (χ1) is 9.22. The van der Waals surface area contributed by atoms with E-state index >= 15 is 0 Å². The molecule has 5 nitrogen and oxygen atoms in total. The minimum Gasteiger partial charge on any atom is -0.315 e. The van der Waals surface area contributed by atoms with E-state index in [0.29, 0.717) is 5.82 Å². The van der Waals surface area contributed by atoms with Crippen molar-refractivity contribution in [2.75, 3.05) is 5.32 Å². The van der Waals surface area contributed by atoms with E-state index in [9.17, 15) is 4.79 Å². The van der Waals surface area contributed by atoms with Crippen LogP contribution in [-0.2, 0) is 12.8 Å². The van der Waals surface area contributed by atoms with Crippen molar-refractivity contribution in [3.8, 4) is 0 Å². The molecule has 0 saturated carbocycles. The summed E-state index contributed by atoms with van der Waals surface area (Å²) < 4.78 is 4.89. The number of hydrogen-bond donors (Lipinski definition) is 1. The predicted octanol–water partition coefficient (Wildman–Crippen LogP) is 2.96. The van der Waals surface area contributed by atoms with Gasteiger partial charge in [-0.15, -0.1) is 11.3 Å². The lowest BCUT2D eigenvalue weighted by Gasteiger charge is -1.96. The Bertz CT molecular complexity index is 579. The van der Waals surface area contributed by atoms with Crippen LogP contribution < -0.4 is 5.32 Å². The Morgan fingerprint density at radius 3 is 3.00 bits per heavy atom. The Labute approximate surface area is 115 Å². The summed E-state index contributed by atoms with van der Waals surface area (Å²) in [6, 6.07) is 2.16. The van der Waals surface area contributed by atoms with Crippen molar-refractivity contribution in [1.82, 2.24) is 10.1 Å². The summed E-state index contributed by atoms with van der Waals surface area (Å²) >= 11 is 1.58. The van der Waals surface area contributed by atoms with Gasteiger partial charge < -0.3 is 4.52 Å². The molecule has 0 bridgehead atoms. The summed E-state index contributed by atoms with van der Waals surface area (Å²) in [6.45, 7) is 1.71. The van der Waals surface area contributed by atoms with Gasteiger partial charge in [0, 0.05) is 4.88 Å². The van der Waals surface area contributed by atoms with Crippen molar-refractivity contribution in [3.05, 3.63) is 27.2 Å². The largest absolute Gasteiger partial charge is 0.328 e. The van der Waals surface area contributed by atoms with Crippen LogP contribution in [0.5, 0.6) is 0 Å². The van der Waals surface area contributed by atoms with Crippen LogP contribution in [0.15, 0.2) is 10.6 Å². The third-order valence-corrected chi connectivity index (χ3v) is 4.45. The smallest absolute Gasteiger partial charge is 0.315 e. The summed E-state index contributed by atoms with van der Waals surface area (Å²) in [7, 11) is 0. The zero-order valence-electron chi connectivity index (χ0n) is 10.7. The molecule has 2 aromatic rings. The standard InChI is InChI=1S/C13H15N3O2S/c1-8-14-13(18-16-8)15-12(17)11-7-9-5-3-2-4-6-10(9)19-11/h7H,2-6H2,1H3,(H,14,15,16,17). The minimum atomic E-state index is -0.165. The van der Waals surface area contributed by atoms with Crippen LogP contribution in [0.4, 0.5) is 6.01 Å². The molecule has 0 unspecified atom stereocenters. The van der Waals surface area contributed by atoms with Gasteiger partial charge in [0.05, 0.1) is 4.88 Å². The average molecular weight is 277 g/mol. The van der Waals surface area contributed by atoms with E-state index in [4.69, 9.17) is 4.52 Å². The van der Waals surface area contributed by atoms with Crippen LogP contribution in [0.3, 0.4) is 0 Å². The highest BCUT2D eigenvalue weighted by atomic mass is 32.1. The number of nitrogens with one attached hydrogen (secondary N) is 1. The van der Waals surface area contributed by atoms with Gasteiger partial charge in [-0.1, -0.05) is 11.6 Å². The average Bonchev–Trinajstić information content (AvgIpc) is 2.91. The van der Waals surface area contributed by atoms with Gasteiger partial charge in [0.15, 0.2) is 5.82 Å². The van der Waals surface area contributed by atoms with Crippen LogP contribution in [0.25, 0.3) is 0 Å². The van der Waals surface area contributed by atoms with E-state index in [2.05, 4.69) is 15.5 Å². The normalized spacial score (nSPS) is 14.8. The second kappa shape index (κ2) is 5.13. The molecule has 0 fully saturated rings. The number of rotatable bonds is 2. The van der Waals surface area contributed by atoms with E-state index in [1.54, 1.807) is 18.3 Å². The van der Waals surface area contributed by atoms with Crippen molar-refractivity contribution in [2.24, 2.45) is 0 Å². The Hall–Kier alpha value is -1.69. The van der Waals surface area contributed by atoms with Crippen molar-refractivity contribution in [1.29, 1.82) is 0 Å². The highest BCUT2D eigenvalue weighted by molar-refractivity contribution is 7.14. The molecular weight excluding hydrogens is 262 g/mol. The molecule has 3 rings (SSSR count). The molecule has 0 atom stereocenters. The summed E-state index contributed by atoms with van der Waals surface area (Å²) in [5.41, 5.74) is 1.33. The molecule has 0 spiro atoms. The third kappa shape index (κ3) is 2.68. The molecule has 1 N–H and O–H groups in total. The lowest BCUT2D eigenvalue weighted by Crippen LogP contribution is -2.10. The van der Waals surface area contributed by atoms with Crippen LogP contribution in [-0.4, -0.2) is 16.0 Å². The molecule has 1 amide bonds. The Kier molecular flexibility index (Phi) is 3.33. The quantitative estimate of drug-likeness (QED) is 0.857. The van der Waals surface area contributed by atoms with E-state index in [-0.39, 0.29) is 11.9 Å². The first-order valence-electron chi connectivity index (χ1n) is 6.45. The Balaban J connectivity index is 1.76. The topological polar surface area (TPSA) is 68.0 Å². The van der Waals surface area contributed by atoms with Crippen molar-refractivity contribution >= 4 is 23.3 Å². The number of carbonyl (C=O) groups is 1. The van der Waals surface area contributed by atoms with E-state index in [1.165, 1.54) is 29.7 Å². The second-order valence-electron chi connectivity index (χ2n) is 4.72. The molecule has 0 aromatic carbocycles. The molecule has 100 valence electrons. The molecule has 0 radical (unpaired) electrons. The molecule has 6 heteroatoms. The lowest BCUT2D eigenvalue weighted by molar-refractivity contribution is 0.102. The van der Waals surface area contributed by atoms with Crippen molar-refractivity contribution in [2.45, 2.75) is 39.0 Å². The number of carbonyl (C=O) groups excluding carboxylic acids is 1. The van der Waals surface area contributed by atoms with Crippen LogP contribution >= 0.6 is 11.3 Å². The predicted molar refractivity (Wildman–Crippen MR) is 72.6 cm³/mol. The number of thiophene rings is 1. The van der Waals surface area contributed by atoms with Gasteiger partial charge in [0.2, 0.25) is 0 Å². The third-order valence-electron chi connectivity index (χ3n) is 3.22. The molecule has 0 aliphatic heterocycles. The van der Waals surface area contributed by atoms with Crippen LogP contribution in [0.2, 0.25) is 0 Å². The van der Waals surface area contributed by atoms with E-state index < -0.39 is 0 Å². The van der Waals surface area contributed by atoms with Gasteiger partial charge in [-0.25, -0.2) is 0 Å². The number of amides is 1. The van der Waals surface area contributed by atoms with Gasteiger partial charge in [-0.3, -0.25) is 10.1 Å². The summed E-state index contributed by atoms with van der Waals surface area (Å²) in [5, 5.41) is 6.28. The van der Waals surface area contributed by atoms with Gasteiger partial charge in [-0.05, 0) is 44.2 Å². The summed E-state index contributed by atoms with van der Waals surface area (Å²) in [6.07, 6.45) is 5.89. The van der Waals surface area contributed by atoms with E-state index in [1.807, 2.05) is 6.07 Å². The Morgan fingerprint density at radius 2 is 2.21 bits per heavy atom. The molecule has 0 saturated heterocycles. The molecule has 2 heterocycles. The number of anilines is 1. The summed E-state index contributed by atoms with van der Waals surface area (Å²) in [4.78, 5) is 18.1. The fraction of sp³-hybridized carbons (Fsp3) is 0.462. The number of aryl methyl sites for hydroxylation is 3. The number of hydrogen-bond acceptors (Lipinski definition) is 5. The molecule has 1 aliphatic carbocycles. The summed E-state index contributed by atoms with van der Waals surface area (Å²) in [5.74, 6) is 0.346. The highest BCUT2D eigenvalue weighted by Gasteiger charge is 2.17. The molecule has 2 aromatic heterocycles. The fourth-order valence-electron chi connectivity index (χ4n) is 2.29. The zero-order chi connectivity index (χ0) is 13.2. The second-order valence-corrected chi connectivity index (χ2v) is 5.86. The van der Waals surface area contributed by atoms with Crippen LogP contribution in [0, 0.1) is 6.92 Å². The maximum absolute atomic E-state index is 12.1. The first kappa shape index (κ1) is 12.3. The maximum Gasteiger partial charge on any atom is 0.328 e. The van der Waals surface area contributed by atoms with Crippen molar-refractivity contribution in [3.63, 3.8) is 0 Å². The monoisotopic (exact) mass is 277 g/mol. The fourth-order valence-corrected chi connectivity index (χ4v) is 3.43. The molecular formula is C13H15N3O2S. The molecule has 19 heavy (non-hydrogen) atoms. The van der Waals surface area contributed by atoms with Gasteiger partial charge >= 0.3 is 6.01 Å². The van der Waals surface area contributed by atoms with Gasteiger partial charge in [0.25, 0.3) is 5.91 Å². The van der Waals surface area contributed by atoms with Crippen molar-refractivity contribution < 1.29 is 9.32 Å². The maximum atomic E-state index is 12.1. The Morgan fingerprint density at radius 1 is 1.37 bits per heavy atom. The minimum absolute atomic E-state index is 0.158. The van der Waals surface area contributed by atoms with E-state index in [0.717, 1.165) is 17.7 Å². The zero-order valence-corrected chi connectivity index (χ0v) is 11.5. The molecule has 1 aliphatic rings. The SMILES string of the molecule is Cc1noc(NC(=O)c2cc3c(s2)CCCCC3)n1. The highest BCUT2D eigenvalue weighted by Crippen LogP contribution is 2.29. The van der Waals surface area contributed by atoms with Gasteiger partial charge in [-0.2, -0.15) is 4.98 Å². The van der Waals surface area contributed by atoms with Gasteiger partial charge in [0.1, 0.15) is 0 Å². The lowest BCUT2D eigenvalue weighted by atomic mass is 10.1. The van der Waals surface area contributed by atoms with Crippen LogP contribution in [0.1, 0.15) is 45.2 Å². The first-order valence-corrected chi connectivity index (χ1v) is 7.27. The number of aromatic nitrogens is 2. The number of nitrogens with zero attached hydrogens (tertiary/aromatic N) is 2. The number of fused-ring (bicyclic) bond motifs is 1.